The Hall–Kier alpha value is -2.82. The molecule has 0 saturated carbocycles. The van der Waals surface area contributed by atoms with Crippen molar-refractivity contribution < 1.29 is 9.59 Å². The van der Waals surface area contributed by atoms with Crippen LogP contribution in [0.5, 0.6) is 0 Å². The van der Waals surface area contributed by atoms with Crippen LogP contribution in [-0.2, 0) is 4.79 Å². The van der Waals surface area contributed by atoms with Gasteiger partial charge in [-0.2, -0.15) is 0 Å². The molecule has 0 radical (unpaired) electrons. The Morgan fingerprint density at radius 3 is 2.54 bits per heavy atom. The first-order valence-electron chi connectivity index (χ1n) is 8.91. The highest BCUT2D eigenvalue weighted by atomic mass is 16.2. The lowest BCUT2D eigenvalue weighted by molar-refractivity contribution is -0.114. The minimum atomic E-state index is -0.133. The van der Waals surface area contributed by atoms with Crippen LogP contribution in [0.25, 0.3) is 0 Å². The van der Waals surface area contributed by atoms with E-state index < -0.39 is 0 Å². The molecule has 0 saturated heterocycles. The van der Waals surface area contributed by atoms with E-state index in [2.05, 4.69) is 16.0 Å². The molecular weight excluding hydrogens is 326 g/mol. The van der Waals surface area contributed by atoms with Gasteiger partial charge in [0.2, 0.25) is 5.91 Å². The van der Waals surface area contributed by atoms with Crippen LogP contribution >= 0.6 is 0 Å². The van der Waals surface area contributed by atoms with Crippen molar-refractivity contribution in [1.29, 1.82) is 0 Å². The van der Waals surface area contributed by atoms with Crippen molar-refractivity contribution in [3.05, 3.63) is 59.2 Å². The van der Waals surface area contributed by atoms with Crippen LogP contribution in [0.2, 0.25) is 0 Å². The number of rotatable bonds is 7. The minimum absolute atomic E-state index is 0.109. The Kier molecular flexibility index (Phi) is 6.78. The fourth-order valence-corrected chi connectivity index (χ4v) is 2.51. The quantitative estimate of drug-likeness (QED) is 0.707. The van der Waals surface area contributed by atoms with Crippen molar-refractivity contribution >= 4 is 23.2 Å². The molecule has 1 unspecified atom stereocenters. The van der Waals surface area contributed by atoms with Gasteiger partial charge in [-0.3, -0.25) is 9.59 Å². The molecule has 0 heterocycles. The van der Waals surface area contributed by atoms with Gasteiger partial charge in [0.25, 0.3) is 5.91 Å². The maximum absolute atomic E-state index is 12.2. The molecule has 26 heavy (non-hydrogen) atoms. The molecule has 2 aromatic rings. The maximum Gasteiger partial charge on any atom is 0.251 e. The van der Waals surface area contributed by atoms with E-state index in [1.54, 1.807) is 18.2 Å². The van der Waals surface area contributed by atoms with Gasteiger partial charge in [0.1, 0.15) is 0 Å². The Morgan fingerprint density at radius 2 is 1.85 bits per heavy atom. The number of aryl methyl sites for hydroxylation is 2. The van der Waals surface area contributed by atoms with E-state index >= 15 is 0 Å². The summed E-state index contributed by atoms with van der Waals surface area (Å²) >= 11 is 0. The molecule has 0 aliphatic rings. The number of hydrogen-bond donors (Lipinski definition) is 3. The van der Waals surface area contributed by atoms with Crippen LogP contribution in [0, 0.1) is 13.8 Å². The molecule has 5 nitrogen and oxygen atoms in total. The van der Waals surface area contributed by atoms with E-state index in [4.69, 9.17) is 0 Å². The van der Waals surface area contributed by atoms with Crippen molar-refractivity contribution in [1.82, 2.24) is 5.32 Å². The molecule has 3 N–H and O–H groups in total. The van der Waals surface area contributed by atoms with Crippen molar-refractivity contribution in [3.63, 3.8) is 0 Å². The third-order valence-electron chi connectivity index (χ3n) is 4.22. The monoisotopic (exact) mass is 353 g/mol. The fraction of sp³-hybridized carbons (Fsp3) is 0.333. The van der Waals surface area contributed by atoms with Crippen LogP contribution in [0.3, 0.4) is 0 Å². The van der Waals surface area contributed by atoms with Crippen molar-refractivity contribution in [2.24, 2.45) is 0 Å². The van der Waals surface area contributed by atoms with Crippen LogP contribution in [0.15, 0.2) is 42.5 Å². The molecule has 0 aromatic heterocycles. The molecular formula is C21H27N3O2. The lowest BCUT2D eigenvalue weighted by atomic mass is 10.1. The highest BCUT2D eigenvalue weighted by molar-refractivity contribution is 5.96. The highest BCUT2D eigenvalue weighted by Gasteiger charge is 2.10. The van der Waals surface area contributed by atoms with E-state index in [-0.39, 0.29) is 24.4 Å². The highest BCUT2D eigenvalue weighted by Crippen LogP contribution is 2.16. The summed E-state index contributed by atoms with van der Waals surface area (Å²) in [5.41, 5.74) is 4.31. The van der Waals surface area contributed by atoms with E-state index in [9.17, 15) is 9.59 Å². The molecule has 2 amide bonds. The molecule has 0 aliphatic carbocycles. The Morgan fingerprint density at radius 1 is 1.08 bits per heavy atom. The standard InChI is InChI=1S/C21H27N3O2/c1-5-16(4)23-21(26)17-7-6-8-18(12-17)22-13-20(25)24-19-10-9-14(2)11-15(19)3/h6-12,16,22H,5,13H2,1-4H3,(H,23,26)(H,24,25). The van der Waals surface area contributed by atoms with Gasteiger partial charge in [-0.15, -0.1) is 0 Å². The normalized spacial score (nSPS) is 11.5. The number of nitrogens with one attached hydrogen (secondary N) is 3. The SMILES string of the molecule is CCC(C)NC(=O)c1cccc(NCC(=O)Nc2ccc(C)cc2C)c1. The van der Waals surface area contributed by atoms with Crippen LogP contribution in [0.4, 0.5) is 11.4 Å². The molecule has 138 valence electrons. The van der Waals surface area contributed by atoms with Gasteiger partial charge in [-0.25, -0.2) is 0 Å². The topological polar surface area (TPSA) is 70.2 Å². The summed E-state index contributed by atoms with van der Waals surface area (Å²) in [6, 6.07) is 13.2. The molecule has 2 aromatic carbocycles. The minimum Gasteiger partial charge on any atom is -0.376 e. The second kappa shape index (κ2) is 9.04. The van der Waals surface area contributed by atoms with Gasteiger partial charge < -0.3 is 16.0 Å². The lowest BCUT2D eigenvalue weighted by Crippen LogP contribution is -2.31. The van der Waals surface area contributed by atoms with Gasteiger partial charge in [0, 0.05) is 23.0 Å². The summed E-state index contributed by atoms with van der Waals surface area (Å²) in [6.45, 7) is 8.11. The van der Waals surface area contributed by atoms with Crippen LogP contribution < -0.4 is 16.0 Å². The maximum atomic E-state index is 12.2. The first kappa shape index (κ1) is 19.5. The zero-order valence-corrected chi connectivity index (χ0v) is 15.8. The number of carbonyl (C=O) groups is 2. The third-order valence-corrected chi connectivity index (χ3v) is 4.22. The van der Waals surface area contributed by atoms with Gasteiger partial charge in [-0.05, 0) is 57.0 Å². The number of carbonyl (C=O) groups excluding carboxylic acids is 2. The van der Waals surface area contributed by atoms with Crippen LogP contribution in [-0.4, -0.2) is 24.4 Å². The van der Waals surface area contributed by atoms with E-state index in [1.165, 1.54) is 0 Å². The van der Waals surface area contributed by atoms with Gasteiger partial charge in [0.15, 0.2) is 0 Å². The van der Waals surface area contributed by atoms with E-state index in [0.717, 1.165) is 28.9 Å². The largest absolute Gasteiger partial charge is 0.376 e. The first-order valence-corrected chi connectivity index (χ1v) is 8.91. The van der Waals surface area contributed by atoms with Gasteiger partial charge in [-0.1, -0.05) is 30.7 Å². The Balaban J connectivity index is 1.93. The fourth-order valence-electron chi connectivity index (χ4n) is 2.51. The zero-order chi connectivity index (χ0) is 19.1. The Bertz CT molecular complexity index is 787. The molecule has 5 heteroatoms. The van der Waals surface area contributed by atoms with Crippen LogP contribution in [0.1, 0.15) is 41.8 Å². The molecule has 0 fully saturated rings. The third kappa shape index (κ3) is 5.62. The number of amides is 2. The average molecular weight is 353 g/mol. The number of benzene rings is 2. The molecule has 0 bridgehead atoms. The first-order chi connectivity index (χ1) is 12.4. The van der Waals surface area contributed by atoms with Crippen molar-refractivity contribution in [2.45, 2.75) is 40.2 Å². The summed E-state index contributed by atoms with van der Waals surface area (Å²) in [5.74, 6) is -0.242. The molecule has 2 rings (SSSR count). The second-order valence-corrected chi connectivity index (χ2v) is 6.58. The van der Waals surface area contributed by atoms with Crippen molar-refractivity contribution in [3.8, 4) is 0 Å². The van der Waals surface area contributed by atoms with Gasteiger partial charge in [0.05, 0.1) is 6.54 Å². The lowest BCUT2D eigenvalue weighted by Gasteiger charge is -2.13. The summed E-state index contributed by atoms with van der Waals surface area (Å²) in [7, 11) is 0. The summed E-state index contributed by atoms with van der Waals surface area (Å²) in [4.78, 5) is 24.4. The smallest absolute Gasteiger partial charge is 0.251 e. The average Bonchev–Trinajstić information content (AvgIpc) is 2.62. The number of anilines is 2. The summed E-state index contributed by atoms with van der Waals surface area (Å²) in [5, 5.41) is 8.90. The second-order valence-electron chi connectivity index (χ2n) is 6.58. The predicted molar refractivity (Wildman–Crippen MR) is 107 cm³/mol. The molecule has 0 spiro atoms. The molecule has 0 aliphatic heterocycles. The Labute approximate surface area is 155 Å². The molecule has 1 atom stereocenters. The predicted octanol–water partition coefficient (Wildman–Crippen LogP) is 3.88. The number of hydrogen-bond acceptors (Lipinski definition) is 3. The van der Waals surface area contributed by atoms with E-state index in [0.29, 0.717) is 5.56 Å². The summed E-state index contributed by atoms with van der Waals surface area (Å²) in [6.07, 6.45) is 0.877. The van der Waals surface area contributed by atoms with E-state index in [1.807, 2.05) is 52.0 Å². The van der Waals surface area contributed by atoms with Gasteiger partial charge >= 0.3 is 0 Å². The van der Waals surface area contributed by atoms with Crippen molar-refractivity contribution in [2.75, 3.05) is 17.2 Å². The zero-order valence-electron chi connectivity index (χ0n) is 15.8. The summed E-state index contributed by atoms with van der Waals surface area (Å²) < 4.78 is 0.